The zero-order chi connectivity index (χ0) is 14.8. The van der Waals surface area contributed by atoms with Gasteiger partial charge in [-0.15, -0.1) is 0 Å². The number of benzene rings is 1. The second-order valence-corrected chi connectivity index (χ2v) is 5.40. The maximum Gasteiger partial charge on any atom is 0.123 e. The summed E-state index contributed by atoms with van der Waals surface area (Å²) in [5.74, 6) is 0.678. The molecule has 0 spiro atoms. The molecule has 3 rings (SSSR count). The van der Waals surface area contributed by atoms with Crippen LogP contribution in [0.2, 0.25) is 5.02 Å². The van der Waals surface area contributed by atoms with E-state index in [-0.39, 0.29) is 5.92 Å². The van der Waals surface area contributed by atoms with Crippen LogP contribution < -0.4 is 4.74 Å². The number of rotatable bonds is 5. The van der Waals surface area contributed by atoms with Gasteiger partial charge in [-0.3, -0.25) is 4.68 Å². The molecule has 5 nitrogen and oxygen atoms in total. The molecule has 112 valence electrons. The molecule has 1 aromatic carbocycles. The van der Waals surface area contributed by atoms with E-state index in [4.69, 9.17) is 21.1 Å². The van der Waals surface area contributed by atoms with Gasteiger partial charge in [0.25, 0.3) is 0 Å². The number of aliphatic hydroxyl groups is 1. The molecule has 0 fully saturated rings. The predicted molar refractivity (Wildman–Crippen MR) is 78.8 cm³/mol. The minimum atomic E-state index is -0.763. The molecule has 21 heavy (non-hydrogen) atoms. The molecule has 2 aromatic rings. The third-order valence-corrected chi connectivity index (χ3v) is 4.03. The monoisotopic (exact) mass is 308 g/mol. The summed E-state index contributed by atoms with van der Waals surface area (Å²) in [7, 11) is 1.63. The average molecular weight is 309 g/mol. The summed E-state index contributed by atoms with van der Waals surface area (Å²) in [6, 6.07) is 7.74. The third kappa shape index (κ3) is 2.64. The van der Waals surface area contributed by atoms with Gasteiger partial charge >= 0.3 is 0 Å². The Balaban J connectivity index is 1.89. The van der Waals surface area contributed by atoms with E-state index in [1.165, 1.54) is 0 Å². The van der Waals surface area contributed by atoms with Crippen molar-refractivity contribution < 1.29 is 14.6 Å². The van der Waals surface area contributed by atoms with Crippen LogP contribution in [-0.4, -0.2) is 35.2 Å². The van der Waals surface area contributed by atoms with E-state index in [1.54, 1.807) is 18.0 Å². The molecule has 2 atom stereocenters. The molecule has 1 aliphatic rings. The molecular weight excluding hydrogens is 292 g/mol. The summed E-state index contributed by atoms with van der Waals surface area (Å²) in [5, 5.41) is 15.4. The third-order valence-electron chi connectivity index (χ3n) is 3.74. The van der Waals surface area contributed by atoms with Crippen LogP contribution in [0.1, 0.15) is 23.3 Å². The second kappa shape index (κ2) is 6.05. The first kappa shape index (κ1) is 14.4. The maximum absolute atomic E-state index is 10.8. The molecule has 0 bridgehead atoms. The molecule has 2 heterocycles. The van der Waals surface area contributed by atoms with E-state index >= 15 is 0 Å². The molecule has 1 N–H and O–H groups in total. The highest BCUT2D eigenvalue weighted by Gasteiger charge is 2.34. The van der Waals surface area contributed by atoms with Crippen molar-refractivity contribution in [3.8, 4) is 5.75 Å². The zero-order valence-corrected chi connectivity index (χ0v) is 12.5. The van der Waals surface area contributed by atoms with Crippen molar-refractivity contribution in [1.82, 2.24) is 9.78 Å². The van der Waals surface area contributed by atoms with E-state index in [0.717, 1.165) is 11.3 Å². The van der Waals surface area contributed by atoms with Gasteiger partial charge in [0.05, 0.1) is 42.6 Å². The first-order chi connectivity index (χ1) is 10.2. The number of aliphatic hydroxyl groups excluding tert-OH is 1. The quantitative estimate of drug-likeness (QED) is 0.921. The second-order valence-electron chi connectivity index (χ2n) is 4.99. The van der Waals surface area contributed by atoms with Crippen LogP contribution in [0.3, 0.4) is 0 Å². The van der Waals surface area contributed by atoms with Crippen LogP contribution in [0.4, 0.5) is 0 Å². The summed E-state index contributed by atoms with van der Waals surface area (Å²) >= 11 is 6.20. The van der Waals surface area contributed by atoms with E-state index in [0.29, 0.717) is 30.5 Å². The van der Waals surface area contributed by atoms with Crippen LogP contribution >= 0.6 is 11.6 Å². The molecule has 0 saturated carbocycles. The van der Waals surface area contributed by atoms with Gasteiger partial charge in [-0.25, -0.2) is 0 Å². The first-order valence-electron chi connectivity index (χ1n) is 6.82. The van der Waals surface area contributed by atoms with Gasteiger partial charge < -0.3 is 14.6 Å². The Labute approximate surface area is 128 Å². The minimum absolute atomic E-state index is 0.142. The molecule has 2 unspecified atom stereocenters. The van der Waals surface area contributed by atoms with Crippen molar-refractivity contribution in [3.05, 3.63) is 46.7 Å². The van der Waals surface area contributed by atoms with Crippen molar-refractivity contribution in [2.24, 2.45) is 0 Å². The summed E-state index contributed by atoms with van der Waals surface area (Å²) < 4.78 is 12.4. The highest BCUT2D eigenvalue weighted by molar-refractivity contribution is 6.31. The lowest BCUT2D eigenvalue weighted by molar-refractivity contribution is 0.116. The highest BCUT2D eigenvalue weighted by atomic mass is 35.5. The molecule has 0 saturated heterocycles. The molecule has 1 aromatic heterocycles. The predicted octanol–water partition coefficient (Wildman–Crippen LogP) is 2.39. The minimum Gasteiger partial charge on any atom is -0.493 e. The summed E-state index contributed by atoms with van der Waals surface area (Å²) in [4.78, 5) is 0. The molecule has 6 heteroatoms. The van der Waals surface area contributed by atoms with Crippen molar-refractivity contribution in [1.29, 1.82) is 0 Å². The molecular formula is C15H17ClN2O3. The van der Waals surface area contributed by atoms with Gasteiger partial charge in [0.1, 0.15) is 11.9 Å². The Morgan fingerprint density at radius 3 is 3.14 bits per heavy atom. The Morgan fingerprint density at radius 1 is 1.52 bits per heavy atom. The van der Waals surface area contributed by atoms with E-state index in [9.17, 15) is 5.11 Å². The maximum atomic E-state index is 10.8. The van der Waals surface area contributed by atoms with Crippen LogP contribution in [0.5, 0.6) is 5.75 Å². The van der Waals surface area contributed by atoms with Gasteiger partial charge in [-0.05, 0) is 6.07 Å². The van der Waals surface area contributed by atoms with Crippen molar-refractivity contribution >= 4 is 11.6 Å². The normalized spacial score (nSPS) is 18.3. The van der Waals surface area contributed by atoms with Crippen LogP contribution in [-0.2, 0) is 11.3 Å². The molecule has 0 radical (unpaired) electrons. The number of aromatic nitrogens is 2. The van der Waals surface area contributed by atoms with Crippen molar-refractivity contribution in [3.63, 3.8) is 0 Å². The summed E-state index contributed by atoms with van der Waals surface area (Å²) in [6.45, 7) is 1.49. The molecule has 0 aliphatic carbocycles. The summed E-state index contributed by atoms with van der Waals surface area (Å²) in [6.07, 6.45) is 0.790. The summed E-state index contributed by atoms with van der Waals surface area (Å²) in [5.41, 5.74) is 1.61. The topological polar surface area (TPSA) is 56.5 Å². The highest BCUT2D eigenvalue weighted by Crippen LogP contribution is 2.42. The number of halogens is 1. The smallest absolute Gasteiger partial charge is 0.123 e. The average Bonchev–Trinajstić information content (AvgIpc) is 3.08. The number of hydrogen-bond acceptors (Lipinski definition) is 4. The fourth-order valence-corrected chi connectivity index (χ4v) is 2.91. The van der Waals surface area contributed by atoms with Gasteiger partial charge in [-0.2, -0.15) is 5.10 Å². The molecule has 1 aliphatic heterocycles. The zero-order valence-electron chi connectivity index (χ0n) is 11.7. The van der Waals surface area contributed by atoms with E-state index in [1.807, 2.05) is 24.3 Å². The Hall–Kier alpha value is -1.56. The van der Waals surface area contributed by atoms with Gasteiger partial charge in [0, 0.05) is 12.7 Å². The number of hydrogen-bond donors (Lipinski definition) is 1. The lowest BCUT2D eigenvalue weighted by Crippen LogP contribution is -2.18. The van der Waals surface area contributed by atoms with Crippen LogP contribution in [0, 0.1) is 0 Å². The standard InChI is InChI=1S/C15H17ClN2O3/c1-20-7-6-18-14(12(16)8-17-18)15(19)11-9-21-13-5-3-2-4-10(11)13/h2-5,8,11,15,19H,6-7,9H2,1H3. The Morgan fingerprint density at radius 2 is 2.33 bits per heavy atom. The van der Waals surface area contributed by atoms with Crippen LogP contribution in [0.25, 0.3) is 0 Å². The van der Waals surface area contributed by atoms with Crippen molar-refractivity contribution in [2.45, 2.75) is 18.6 Å². The number of ether oxygens (including phenoxy) is 2. The molecule has 0 amide bonds. The number of para-hydroxylation sites is 1. The number of fused-ring (bicyclic) bond motifs is 1. The van der Waals surface area contributed by atoms with Gasteiger partial charge in [0.2, 0.25) is 0 Å². The van der Waals surface area contributed by atoms with Gasteiger partial charge in [0.15, 0.2) is 0 Å². The lowest BCUT2D eigenvalue weighted by atomic mass is 9.93. The first-order valence-corrected chi connectivity index (χ1v) is 7.20. The Bertz CT molecular complexity index is 629. The van der Waals surface area contributed by atoms with E-state index in [2.05, 4.69) is 5.10 Å². The Kier molecular flexibility index (Phi) is 4.14. The lowest BCUT2D eigenvalue weighted by Gasteiger charge is -2.19. The number of nitrogens with zero attached hydrogens (tertiary/aromatic N) is 2. The van der Waals surface area contributed by atoms with Gasteiger partial charge in [-0.1, -0.05) is 29.8 Å². The SMILES string of the molecule is COCCn1ncc(Cl)c1C(O)C1COc2ccccc21. The fraction of sp³-hybridized carbons (Fsp3) is 0.400. The van der Waals surface area contributed by atoms with E-state index < -0.39 is 6.10 Å². The largest absolute Gasteiger partial charge is 0.493 e. The fourth-order valence-electron chi connectivity index (χ4n) is 2.66. The van der Waals surface area contributed by atoms with Crippen LogP contribution in [0.15, 0.2) is 30.5 Å². The number of methoxy groups -OCH3 is 1. The van der Waals surface area contributed by atoms with Crippen molar-refractivity contribution in [2.75, 3.05) is 20.3 Å².